The number of halogens is 2. The molecule has 150 valence electrons. The van der Waals surface area contributed by atoms with Crippen LogP contribution in [-0.4, -0.2) is 12.6 Å². The molecule has 0 spiro atoms. The predicted octanol–water partition coefficient (Wildman–Crippen LogP) is 5.56. The van der Waals surface area contributed by atoms with E-state index in [2.05, 4.69) is 0 Å². The number of aryl methyl sites for hydroxylation is 2. The number of hydrogen-bond acceptors (Lipinski definition) is 3. The fourth-order valence-electron chi connectivity index (χ4n) is 3.04. The van der Waals surface area contributed by atoms with Crippen LogP contribution in [0, 0.1) is 25.5 Å². The Morgan fingerprint density at radius 2 is 1.62 bits per heavy atom. The molecule has 3 rings (SSSR count). The molecule has 0 N–H and O–H groups in total. The minimum atomic E-state index is -0.596. The number of hydrogen-bond donors (Lipinski definition) is 0. The molecule has 5 heteroatoms. The third-order valence-corrected chi connectivity index (χ3v) is 4.63. The van der Waals surface area contributed by atoms with Crippen molar-refractivity contribution in [2.24, 2.45) is 0 Å². The van der Waals surface area contributed by atoms with Crippen LogP contribution in [0.3, 0.4) is 0 Å². The molecule has 3 aromatic rings. The second-order valence-corrected chi connectivity index (χ2v) is 6.82. The van der Waals surface area contributed by atoms with Crippen molar-refractivity contribution in [3.8, 4) is 5.75 Å². The molecule has 0 aliphatic rings. The van der Waals surface area contributed by atoms with E-state index in [1.807, 2.05) is 44.2 Å². The van der Waals surface area contributed by atoms with E-state index < -0.39 is 11.6 Å². The van der Waals surface area contributed by atoms with Crippen LogP contribution < -0.4 is 4.74 Å². The van der Waals surface area contributed by atoms with E-state index in [4.69, 9.17) is 9.47 Å². The SMILES string of the molecule is Cc1cccc(C)c1C(=O)OCc1ccc(OCCc2ccc(F)cc2F)cc1. The Labute approximate surface area is 168 Å². The molecule has 0 atom stereocenters. The van der Waals surface area contributed by atoms with Gasteiger partial charge in [-0.15, -0.1) is 0 Å². The fraction of sp³-hybridized carbons (Fsp3) is 0.208. The van der Waals surface area contributed by atoms with Crippen LogP contribution in [0.25, 0.3) is 0 Å². The van der Waals surface area contributed by atoms with Crippen LogP contribution in [0.5, 0.6) is 5.75 Å². The summed E-state index contributed by atoms with van der Waals surface area (Å²) >= 11 is 0. The van der Waals surface area contributed by atoms with Crippen LogP contribution in [-0.2, 0) is 17.8 Å². The van der Waals surface area contributed by atoms with Crippen LogP contribution in [0.1, 0.15) is 32.6 Å². The van der Waals surface area contributed by atoms with E-state index in [0.717, 1.165) is 22.8 Å². The minimum absolute atomic E-state index is 0.160. The average Bonchev–Trinajstić information content (AvgIpc) is 2.69. The van der Waals surface area contributed by atoms with Crippen molar-refractivity contribution < 1.29 is 23.0 Å². The molecule has 3 nitrogen and oxygen atoms in total. The van der Waals surface area contributed by atoms with Gasteiger partial charge in [-0.2, -0.15) is 0 Å². The number of esters is 1. The highest BCUT2D eigenvalue weighted by Gasteiger charge is 2.13. The summed E-state index contributed by atoms with van der Waals surface area (Å²) in [7, 11) is 0. The van der Waals surface area contributed by atoms with Crippen LogP contribution >= 0.6 is 0 Å². The molecule has 3 aromatic carbocycles. The summed E-state index contributed by atoms with van der Waals surface area (Å²) in [4.78, 5) is 12.4. The Kier molecular flexibility index (Phi) is 6.60. The van der Waals surface area contributed by atoms with E-state index in [0.29, 0.717) is 23.3 Å². The van der Waals surface area contributed by atoms with E-state index in [9.17, 15) is 13.6 Å². The van der Waals surface area contributed by atoms with Gasteiger partial charge in [0.15, 0.2) is 0 Å². The quantitative estimate of drug-likeness (QED) is 0.491. The second-order valence-electron chi connectivity index (χ2n) is 6.82. The molecule has 0 aliphatic heterocycles. The monoisotopic (exact) mass is 396 g/mol. The van der Waals surface area contributed by atoms with Gasteiger partial charge in [-0.25, -0.2) is 13.6 Å². The topological polar surface area (TPSA) is 35.5 Å². The molecule has 0 fully saturated rings. The van der Waals surface area contributed by atoms with Crippen molar-refractivity contribution in [1.82, 2.24) is 0 Å². The van der Waals surface area contributed by atoms with E-state index in [1.165, 1.54) is 12.1 Å². The molecular weight excluding hydrogens is 374 g/mol. The molecule has 0 unspecified atom stereocenters. The first-order valence-corrected chi connectivity index (χ1v) is 9.33. The highest BCUT2D eigenvalue weighted by molar-refractivity contribution is 5.92. The van der Waals surface area contributed by atoms with E-state index in [-0.39, 0.29) is 19.2 Å². The summed E-state index contributed by atoms with van der Waals surface area (Å²) in [6.07, 6.45) is 0.335. The largest absolute Gasteiger partial charge is 0.493 e. The third-order valence-electron chi connectivity index (χ3n) is 4.63. The average molecular weight is 396 g/mol. The minimum Gasteiger partial charge on any atom is -0.493 e. The smallest absolute Gasteiger partial charge is 0.338 e. The van der Waals surface area contributed by atoms with Crippen molar-refractivity contribution in [3.63, 3.8) is 0 Å². The molecule has 0 radical (unpaired) electrons. The first-order valence-electron chi connectivity index (χ1n) is 9.33. The summed E-state index contributed by atoms with van der Waals surface area (Å²) in [5.41, 5.74) is 3.61. The predicted molar refractivity (Wildman–Crippen MR) is 107 cm³/mol. The zero-order chi connectivity index (χ0) is 20.8. The summed E-state index contributed by atoms with van der Waals surface area (Å²) in [6.45, 7) is 4.19. The highest BCUT2D eigenvalue weighted by Crippen LogP contribution is 2.18. The van der Waals surface area contributed by atoms with Gasteiger partial charge in [0.1, 0.15) is 24.0 Å². The Bertz CT molecular complexity index is 977. The van der Waals surface area contributed by atoms with Crippen molar-refractivity contribution in [2.45, 2.75) is 26.9 Å². The molecule has 0 saturated heterocycles. The summed E-state index contributed by atoms with van der Waals surface area (Å²) in [6, 6.07) is 16.3. The Balaban J connectivity index is 1.50. The van der Waals surface area contributed by atoms with Gasteiger partial charge in [0.05, 0.1) is 12.2 Å². The standard InChI is InChI=1S/C24H22F2O3/c1-16-4-3-5-17(2)23(16)24(27)29-15-18-6-10-21(11-7-18)28-13-12-19-8-9-20(25)14-22(19)26/h3-11,14H,12-13,15H2,1-2H3. The lowest BCUT2D eigenvalue weighted by atomic mass is 10.0. The second kappa shape index (κ2) is 9.32. The maximum Gasteiger partial charge on any atom is 0.338 e. The summed E-state index contributed by atoms with van der Waals surface area (Å²) in [5, 5.41) is 0. The number of rotatable bonds is 7. The highest BCUT2D eigenvalue weighted by atomic mass is 19.1. The molecule has 0 bridgehead atoms. The normalized spacial score (nSPS) is 10.6. The van der Waals surface area contributed by atoms with Gasteiger partial charge in [0.2, 0.25) is 0 Å². The first kappa shape index (κ1) is 20.5. The molecular formula is C24H22F2O3. The van der Waals surface area contributed by atoms with Crippen molar-refractivity contribution >= 4 is 5.97 Å². The van der Waals surface area contributed by atoms with Gasteiger partial charge in [-0.05, 0) is 54.3 Å². The summed E-state index contributed by atoms with van der Waals surface area (Å²) in [5.74, 6) is -0.893. The van der Waals surface area contributed by atoms with Gasteiger partial charge in [-0.3, -0.25) is 0 Å². The van der Waals surface area contributed by atoms with Crippen LogP contribution in [0.15, 0.2) is 60.7 Å². The molecule has 0 aliphatic carbocycles. The van der Waals surface area contributed by atoms with Gasteiger partial charge in [-0.1, -0.05) is 36.4 Å². The van der Waals surface area contributed by atoms with E-state index >= 15 is 0 Å². The van der Waals surface area contributed by atoms with Gasteiger partial charge in [0, 0.05) is 12.5 Å². The number of benzene rings is 3. The van der Waals surface area contributed by atoms with Gasteiger partial charge in [0.25, 0.3) is 0 Å². The molecule has 0 saturated carbocycles. The Morgan fingerprint density at radius 1 is 0.931 bits per heavy atom. The molecule has 0 heterocycles. The Hall–Kier alpha value is -3.21. The number of carbonyl (C=O) groups is 1. The van der Waals surface area contributed by atoms with Crippen molar-refractivity contribution in [1.29, 1.82) is 0 Å². The lowest BCUT2D eigenvalue weighted by Crippen LogP contribution is -2.09. The lowest BCUT2D eigenvalue weighted by Gasteiger charge is -2.11. The first-order chi connectivity index (χ1) is 13.9. The zero-order valence-electron chi connectivity index (χ0n) is 16.4. The van der Waals surface area contributed by atoms with Crippen molar-refractivity contribution in [2.75, 3.05) is 6.61 Å². The Morgan fingerprint density at radius 3 is 2.28 bits per heavy atom. The number of ether oxygens (including phenoxy) is 2. The zero-order valence-corrected chi connectivity index (χ0v) is 16.4. The maximum absolute atomic E-state index is 13.6. The van der Waals surface area contributed by atoms with Crippen molar-refractivity contribution in [3.05, 3.63) is 100 Å². The van der Waals surface area contributed by atoms with Gasteiger partial charge >= 0.3 is 5.97 Å². The maximum atomic E-state index is 13.6. The molecule has 29 heavy (non-hydrogen) atoms. The van der Waals surface area contributed by atoms with Crippen LogP contribution in [0.2, 0.25) is 0 Å². The molecule has 0 aromatic heterocycles. The summed E-state index contributed by atoms with van der Waals surface area (Å²) < 4.78 is 37.6. The van der Waals surface area contributed by atoms with E-state index in [1.54, 1.807) is 12.1 Å². The molecule has 0 amide bonds. The fourth-order valence-corrected chi connectivity index (χ4v) is 3.04. The lowest BCUT2D eigenvalue weighted by molar-refractivity contribution is 0.0471. The number of carbonyl (C=O) groups excluding carboxylic acids is 1. The van der Waals surface area contributed by atoms with Gasteiger partial charge < -0.3 is 9.47 Å². The third kappa shape index (κ3) is 5.41. The van der Waals surface area contributed by atoms with Crippen LogP contribution in [0.4, 0.5) is 8.78 Å².